The molecule has 2 nitrogen and oxygen atoms in total. The molecule has 0 atom stereocenters. The van der Waals surface area contributed by atoms with E-state index in [1.165, 1.54) is 37.2 Å². The van der Waals surface area contributed by atoms with Gasteiger partial charge >= 0.3 is 0 Å². The molecule has 0 amide bonds. The fourth-order valence-corrected chi connectivity index (χ4v) is 2.31. The highest BCUT2D eigenvalue weighted by Crippen LogP contribution is 2.10. The Morgan fingerprint density at radius 3 is 2.93 bits per heavy atom. The van der Waals surface area contributed by atoms with Gasteiger partial charge in [-0.3, -0.25) is 9.88 Å². The van der Waals surface area contributed by atoms with Crippen molar-refractivity contribution in [2.24, 2.45) is 0 Å². The van der Waals surface area contributed by atoms with Gasteiger partial charge in [-0.25, -0.2) is 0 Å². The quantitative estimate of drug-likeness (QED) is 0.759. The van der Waals surface area contributed by atoms with E-state index in [1.807, 2.05) is 11.7 Å². The summed E-state index contributed by atoms with van der Waals surface area (Å²) < 4.78 is 0. The van der Waals surface area contributed by atoms with Crippen molar-refractivity contribution in [2.45, 2.75) is 19.3 Å². The molecule has 0 aromatic carbocycles. The molecule has 1 aliphatic heterocycles. The Labute approximate surface area is 89.3 Å². The van der Waals surface area contributed by atoms with Crippen LogP contribution in [0.1, 0.15) is 24.1 Å². The molecule has 1 aromatic heterocycles. The summed E-state index contributed by atoms with van der Waals surface area (Å²) in [5.41, 5.74) is 1.88. The molecule has 0 radical (unpaired) electrons. The average Bonchev–Trinajstić information content (AvgIpc) is 2.72. The highest BCUT2D eigenvalue weighted by atomic mass is 32.1. The molecule has 76 valence electrons. The number of hydrogen-bond donors (Lipinski definition) is 0. The molecular weight excluding hydrogens is 192 g/mol. The van der Waals surface area contributed by atoms with Crippen molar-refractivity contribution in [3.63, 3.8) is 0 Å². The highest BCUT2D eigenvalue weighted by molar-refractivity contribution is 7.10. The van der Waals surface area contributed by atoms with Gasteiger partial charge in [-0.15, -0.1) is 11.3 Å². The van der Waals surface area contributed by atoms with E-state index >= 15 is 0 Å². The predicted molar refractivity (Wildman–Crippen MR) is 61.4 cm³/mol. The zero-order chi connectivity index (χ0) is 9.64. The number of nitrogens with zero attached hydrogens (tertiary/aromatic N) is 2. The second kappa shape index (κ2) is 5.27. The van der Waals surface area contributed by atoms with Crippen LogP contribution in [0.2, 0.25) is 0 Å². The number of aromatic nitrogens is 1. The molecule has 3 heteroatoms. The fourth-order valence-electron chi connectivity index (χ4n) is 1.77. The van der Waals surface area contributed by atoms with E-state index in [0.717, 1.165) is 6.54 Å². The van der Waals surface area contributed by atoms with Gasteiger partial charge in [-0.05, 0) is 32.0 Å². The zero-order valence-electron chi connectivity index (χ0n) is 8.35. The molecule has 1 fully saturated rings. The molecule has 0 bridgehead atoms. The first-order chi connectivity index (χ1) is 6.95. The Hall–Kier alpha value is -0.670. The van der Waals surface area contributed by atoms with Crippen molar-refractivity contribution in [2.75, 3.05) is 19.6 Å². The van der Waals surface area contributed by atoms with Gasteiger partial charge in [-0.2, -0.15) is 0 Å². The van der Waals surface area contributed by atoms with Crippen LogP contribution in [0.25, 0.3) is 6.08 Å². The summed E-state index contributed by atoms with van der Waals surface area (Å²) in [6, 6.07) is 0. The van der Waals surface area contributed by atoms with Gasteiger partial charge in [0, 0.05) is 17.6 Å². The Morgan fingerprint density at radius 2 is 2.21 bits per heavy atom. The molecule has 0 unspecified atom stereocenters. The van der Waals surface area contributed by atoms with E-state index in [1.54, 1.807) is 11.3 Å². The Bertz CT molecular complexity index is 273. The maximum atomic E-state index is 4.04. The van der Waals surface area contributed by atoms with E-state index in [2.05, 4.69) is 22.0 Å². The van der Waals surface area contributed by atoms with Crippen LogP contribution in [0, 0.1) is 0 Å². The number of thiazole rings is 1. The standard InChI is InChI=1S/C11H16N2S/c1-2-6-13(7-3-1)8-4-5-11-9-12-10-14-11/h4-5,9-10H,1-3,6-8H2. The molecule has 1 aromatic rings. The number of piperidine rings is 1. The molecule has 2 heterocycles. The largest absolute Gasteiger partial charge is 0.300 e. The SMILES string of the molecule is C(=Cc1cncs1)CN1CCCCC1. The van der Waals surface area contributed by atoms with E-state index < -0.39 is 0 Å². The van der Waals surface area contributed by atoms with E-state index in [9.17, 15) is 0 Å². The van der Waals surface area contributed by atoms with Crippen molar-refractivity contribution in [1.82, 2.24) is 9.88 Å². The van der Waals surface area contributed by atoms with Crippen LogP contribution in [-0.4, -0.2) is 29.5 Å². The molecule has 14 heavy (non-hydrogen) atoms. The van der Waals surface area contributed by atoms with E-state index in [0.29, 0.717) is 0 Å². The lowest BCUT2D eigenvalue weighted by Gasteiger charge is -2.24. The monoisotopic (exact) mass is 208 g/mol. The number of rotatable bonds is 3. The molecule has 0 saturated carbocycles. The Kier molecular flexibility index (Phi) is 3.72. The van der Waals surface area contributed by atoms with E-state index in [4.69, 9.17) is 0 Å². The number of hydrogen-bond acceptors (Lipinski definition) is 3. The van der Waals surface area contributed by atoms with Crippen LogP contribution in [0.4, 0.5) is 0 Å². The summed E-state index contributed by atoms with van der Waals surface area (Å²) in [7, 11) is 0. The lowest BCUT2D eigenvalue weighted by Crippen LogP contribution is -2.29. The molecule has 0 aliphatic carbocycles. The minimum Gasteiger partial charge on any atom is -0.300 e. The predicted octanol–water partition coefficient (Wildman–Crippen LogP) is 2.64. The van der Waals surface area contributed by atoms with Crippen LogP contribution in [0.3, 0.4) is 0 Å². The molecular formula is C11H16N2S. The van der Waals surface area contributed by atoms with Gasteiger partial charge in [0.05, 0.1) is 5.51 Å². The number of likely N-dealkylation sites (tertiary alicyclic amines) is 1. The van der Waals surface area contributed by atoms with Crippen LogP contribution in [0.5, 0.6) is 0 Å². The van der Waals surface area contributed by atoms with Gasteiger partial charge < -0.3 is 0 Å². The summed E-state index contributed by atoms with van der Waals surface area (Å²) in [6.07, 6.45) is 10.5. The normalized spacial score (nSPS) is 19.1. The maximum Gasteiger partial charge on any atom is 0.0797 e. The summed E-state index contributed by atoms with van der Waals surface area (Å²) in [4.78, 5) is 7.81. The highest BCUT2D eigenvalue weighted by Gasteiger charge is 2.07. The third kappa shape index (κ3) is 2.93. The molecule has 1 aliphatic rings. The van der Waals surface area contributed by atoms with E-state index in [-0.39, 0.29) is 0 Å². The van der Waals surface area contributed by atoms with Crippen molar-refractivity contribution in [3.8, 4) is 0 Å². The Morgan fingerprint density at radius 1 is 1.36 bits per heavy atom. The molecule has 0 spiro atoms. The minimum atomic E-state index is 1.10. The second-order valence-corrected chi connectivity index (χ2v) is 4.59. The van der Waals surface area contributed by atoms with Crippen molar-refractivity contribution >= 4 is 17.4 Å². The summed E-state index contributed by atoms with van der Waals surface area (Å²) in [5, 5.41) is 0. The van der Waals surface area contributed by atoms with Crippen LogP contribution < -0.4 is 0 Å². The van der Waals surface area contributed by atoms with Crippen LogP contribution in [0.15, 0.2) is 17.8 Å². The topological polar surface area (TPSA) is 16.1 Å². The second-order valence-electron chi connectivity index (χ2n) is 3.67. The maximum absolute atomic E-state index is 4.04. The third-order valence-electron chi connectivity index (χ3n) is 2.55. The lowest BCUT2D eigenvalue weighted by molar-refractivity contribution is 0.252. The molecule has 2 rings (SSSR count). The summed E-state index contributed by atoms with van der Waals surface area (Å²) >= 11 is 1.69. The zero-order valence-corrected chi connectivity index (χ0v) is 9.17. The van der Waals surface area contributed by atoms with Gasteiger partial charge in [0.2, 0.25) is 0 Å². The van der Waals surface area contributed by atoms with Crippen molar-refractivity contribution in [1.29, 1.82) is 0 Å². The third-order valence-corrected chi connectivity index (χ3v) is 3.29. The summed E-state index contributed by atoms with van der Waals surface area (Å²) in [6.45, 7) is 3.64. The van der Waals surface area contributed by atoms with Crippen molar-refractivity contribution in [3.05, 3.63) is 22.7 Å². The lowest BCUT2D eigenvalue weighted by atomic mass is 10.1. The van der Waals surface area contributed by atoms with Crippen LogP contribution >= 0.6 is 11.3 Å². The fraction of sp³-hybridized carbons (Fsp3) is 0.545. The first-order valence-electron chi connectivity index (χ1n) is 5.22. The minimum absolute atomic E-state index is 1.10. The Balaban J connectivity index is 1.76. The van der Waals surface area contributed by atoms with Gasteiger partial charge in [0.1, 0.15) is 0 Å². The van der Waals surface area contributed by atoms with Crippen molar-refractivity contribution < 1.29 is 0 Å². The van der Waals surface area contributed by atoms with Gasteiger partial charge in [-0.1, -0.05) is 12.5 Å². The van der Waals surface area contributed by atoms with Gasteiger partial charge in [0.25, 0.3) is 0 Å². The first kappa shape index (κ1) is 9.87. The van der Waals surface area contributed by atoms with Crippen LogP contribution in [-0.2, 0) is 0 Å². The first-order valence-corrected chi connectivity index (χ1v) is 6.10. The average molecular weight is 208 g/mol. The van der Waals surface area contributed by atoms with Gasteiger partial charge in [0.15, 0.2) is 0 Å². The smallest absolute Gasteiger partial charge is 0.0797 e. The summed E-state index contributed by atoms with van der Waals surface area (Å²) in [5.74, 6) is 0. The molecule has 1 saturated heterocycles. The molecule has 0 N–H and O–H groups in total.